The Hall–Kier alpha value is -2.05. The highest BCUT2D eigenvalue weighted by Crippen LogP contribution is 2.23. The number of hydrogen-bond donors (Lipinski definition) is 4. The number of ether oxygens (including phenoxy) is 4. The van der Waals surface area contributed by atoms with Crippen LogP contribution in [0.5, 0.6) is 0 Å². The van der Waals surface area contributed by atoms with Crippen LogP contribution in [-0.4, -0.2) is 88.4 Å². The van der Waals surface area contributed by atoms with Gasteiger partial charge in [-0.1, -0.05) is 219 Å². The molecule has 1 heterocycles. The van der Waals surface area contributed by atoms with E-state index in [2.05, 4.69) is 26.0 Å². The summed E-state index contributed by atoms with van der Waals surface area (Å²) in [5, 5.41) is 39.9. The van der Waals surface area contributed by atoms with E-state index < -0.39 is 54.7 Å². The largest absolute Gasteiger partial charge is 0.479 e. The van der Waals surface area contributed by atoms with Gasteiger partial charge in [0.15, 0.2) is 18.5 Å². The standard InChI is InChI=1S/C53H98O11/c1-3-5-7-9-11-13-15-17-19-20-21-22-23-24-25-26-28-29-31-33-35-37-39-41-46(54)61-43-45(44-62-53-50(58)48(56)49(57)51(64-53)52(59)60)63-47(55)42-40-38-36-34-32-30-27-18-16-14-12-10-8-6-4-2/h20-21,45,48-51,53,56-58H,3-19,22-44H2,1-2H3,(H,59,60)/b21-20-. The Kier molecular flexibility index (Phi) is 40.8. The second-order valence-electron chi connectivity index (χ2n) is 18.7. The van der Waals surface area contributed by atoms with Gasteiger partial charge >= 0.3 is 17.9 Å². The topological polar surface area (TPSA) is 169 Å². The molecule has 11 heteroatoms. The zero-order chi connectivity index (χ0) is 46.7. The second kappa shape index (κ2) is 43.5. The molecule has 1 fully saturated rings. The molecular weight excluding hydrogens is 813 g/mol. The number of aliphatic carboxylic acids is 1. The molecule has 376 valence electrons. The molecule has 0 aromatic carbocycles. The van der Waals surface area contributed by atoms with Crippen molar-refractivity contribution >= 4 is 17.9 Å². The Morgan fingerprint density at radius 1 is 0.469 bits per heavy atom. The summed E-state index contributed by atoms with van der Waals surface area (Å²) in [6.07, 6.45) is 39.8. The molecule has 0 aromatic rings. The van der Waals surface area contributed by atoms with Crippen LogP contribution in [0.1, 0.15) is 258 Å². The molecular formula is C53H98O11. The van der Waals surface area contributed by atoms with Crippen LogP contribution < -0.4 is 0 Å². The third kappa shape index (κ3) is 34.3. The molecule has 0 spiro atoms. The van der Waals surface area contributed by atoms with Gasteiger partial charge in [-0.15, -0.1) is 0 Å². The lowest BCUT2D eigenvalue weighted by atomic mass is 9.99. The van der Waals surface area contributed by atoms with E-state index in [0.29, 0.717) is 12.8 Å². The average Bonchev–Trinajstić information content (AvgIpc) is 3.28. The summed E-state index contributed by atoms with van der Waals surface area (Å²) in [5.41, 5.74) is 0. The number of hydrogen-bond acceptors (Lipinski definition) is 10. The van der Waals surface area contributed by atoms with Crippen LogP contribution in [0.15, 0.2) is 12.2 Å². The lowest BCUT2D eigenvalue weighted by Crippen LogP contribution is -2.60. The van der Waals surface area contributed by atoms with Gasteiger partial charge in [0.25, 0.3) is 0 Å². The number of carbonyl (C=O) groups is 3. The van der Waals surface area contributed by atoms with Crippen molar-refractivity contribution in [2.24, 2.45) is 0 Å². The number of allylic oxidation sites excluding steroid dienone is 2. The van der Waals surface area contributed by atoms with E-state index in [1.54, 1.807) is 0 Å². The average molecular weight is 911 g/mol. The lowest BCUT2D eigenvalue weighted by Gasteiger charge is -2.38. The summed E-state index contributed by atoms with van der Waals surface area (Å²) >= 11 is 0. The molecule has 4 N–H and O–H groups in total. The van der Waals surface area contributed by atoms with Gasteiger partial charge in [-0.25, -0.2) is 4.79 Å². The lowest BCUT2D eigenvalue weighted by molar-refractivity contribution is -0.298. The molecule has 1 aliphatic rings. The molecule has 6 atom stereocenters. The first kappa shape index (κ1) is 60.0. The molecule has 0 bridgehead atoms. The van der Waals surface area contributed by atoms with Crippen LogP contribution >= 0.6 is 0 Å². The van der Waals surface area contributed by atoms with E-state index in [9.17, 15) is 34.8 Å². The van der Waals surface area contributed by atoms with Crippen molar-refractivity contribution in [1.82, 2.24) is 0 Å². The highest BCUT2D eigenvalue weighted by molar-refractivity contribution is 5.73. The third-order valence-corrected chi connectivity index (χ3v) is 12.6. The molecule has 1 saturated heterocycles. The molecule has 6 unspecified atom stereocenters. The van der Waals surface area contributed by atoms with E-state index in [1.165, 1.54) is 180 Å². The fraction of sp³-hybridized carbons (Fsp3) is 0.906. The van der Waals surface area contributed by atoms with Gasteiger partial charge in [0.05, 0.1) is 6.61 Å². The van der Waals surface area contributed by atoms with E-state index in [1.807, 2.05) is 0 Å². The number of carboxylic acids is 1. The van der Waals surface area contributed by atoms with Crippen molar-refractivity contribution in [3.63, 3.8) is 0 Å². The SMILES string of the molecule is CCCCCCCCCC/C=C\CCCCCCCCCCCCCC(=O)OCC(COC1OC(C(=O)O)C(O)C(O)C1O)OC(=O)CCCCCCCCCCCCCCCCC. The van der Waals surface area contributed by atoms with E-state index in [4.69, 9.17) is 18.9 Å². The predicted molar refractivity (Wildman–Crippen MR) is 257 cm³/mol. The minimum atomic E-state index is -1.86. The molecule has 0 radical (unpaired) electrons. The van der Waals surface area contributed by atoms with Crippen LogP contribution in [-0.2, 0) is 33.3 Å². The number of carbonyl (C=O) groups excluding carboxylic acids is 2. The van der Waals surface area contributed by atoms with E-state index >= 15 is 0 Å². The first-order valence-corrected chi connectivity index (χ1v) is 26.7. The summed E-state index contributed by atoms with van der Waals surface area (Å²) < 4.78 is 21.8. The van der Waals surface area contributed by atoms with Crippen LogP contribution in [0.2, 0.25) is 0 Å². The predicted octanol–water partition coefficient (Wildman–Crippen LogP) is 12.8. The molecule has 1 rings (SSSR count). The van der Waals surface area contributed by atoms with Crippen LogP contribution in [0, 0.1) is 0 Å². The van der Waals surface area contributed by atoms with Gasteiger partial charge in [-0.05, 0) is 38.5 Å². The summed E-state index contributed by atoms with van der Waals surface area (Å²) in [6, 6.07) is 0. The Labute approximate surface area is 390 Å². The second-order valence-corrected chi connectivity index (χ2v) is 18.7. The first-order chi connectivity index (χ1) is 31.2. The van der Waals surface area contributed by atoms with Crippen molar-refractivity contribution in [3.8, 4) is 0 Å². The smallest absolute Gasteiger partial charge is 0.335 e. The molecule has 11 nitrogen and oxygen atoms in total. The number of rotatable bonds is 46. The minimum absolute atomic E-state index is 0.189. The monoisotopic (exact) mass is 911 g/mol. The van der Waals surface area contributed by atoms with Gasteiger partial charge in [0, 0.05) is 12.8 Å². The Bertz CT molecular complexity index is 1120. The maximum atomic E-state index is 12.8. The number of esters is 2. The fourth-order valence-electron chi connectivity index (χ4n) is 8.41. The van der Waals surface area contributed by atoms with E-state index in [0.717, 1.165) is 38.5 Å². The van der Waals surface area contributed by atoms with Crippen molar-refractivity contribution in [2.45, 2.75) is 295 Å². The van der Waals surface area contributed by atoms with Crippen LogP contribution in [0.3, 0.4) is 0 Å². The molecule has 64 heavy (non-hydrogen) atoms. The molecule has 1 aliphatic heterocycles. The van der Waals surface area contributed by atoms with Gasteiger partial charge in [0.2, 0.25) is 0 Å². The maximum Gasteiger partial charge on any atom is 0.335 e. The van der Waals surface area contributed by atoms with Crippen molar-refractivity contribution in [2.75, 3.05) is 13.2 Å². The molecule has 0 saturated carbocycles. The quantitative estimate of drug-likeness (QED) is 0.0260. The summed E-state index contributed by atoms with van der Waals surface area (Å²) in [4.78, 5) is 37.0. The summed E-state index contributed by atoms with van der Waals surface area (Å²) in [6.45, 7) is 3.86. The Morgan fingerprint density at radius 2 is 0.828 bits per heavy atom. The highest BCUT2D eigenvalue weighted by Gasteiger charge is 2.47. The van der Waals surface area contributed by atoms with Crippen LogP contribution in [0.25, 0.3) is 0 Å². The zero-order valence-electron chi connectivity index (χ0n) is 41.0. The van der Waals surface area contributed by atoms with Gasteiger partial charge < -0.3 is 39.4 Å². The van der Waals surface area contributed by atoms with Gasteiger partial charge in [-0.2, -0.15) is 0 Å². The molecule has 0 amide bonds. The minimum Gasteiger partial charge on any atom is -0.479 e. The number of unbranched alkanes of at least 4 members (excludes halogenated alkanes) is 33. The zero-order valence-corrected chi connectivity index (χ0v) is 41.0. The number of aliphatic hydroxyl groups excluding tert-OH is 3. The van der Waals surface area contributed by atoms with Crippen molar-refractivity contribution in [1.29, 1.82) is 0 Å². The number of aliphatic hydroxyl groups is 3. The highest BCUT2D eigenvalue weighted by atomic mass is 16.7. The van der Waals surface area contributed by atoms with E-state index in [-0.39, 0.29) is 26.1 Å². The van der Waals surface area contributed by atoms with Crippen molar-refractivity contribution in [3.05, 3.63) is 12.2 Å². The summed E-state index contributed by atoms with van der Waals surface area (Å²) in [7, 11) is 0. The summed E-state index contributed by atoms with van der Waals surface area (Å²) in [5.74, 6) is -2.42. The van der Waals surface area contributed by atoms with Crippen LogP contribution in [0.4, 0.5) is 0 Å². The molecule has 0 aromatic heterocycles. The first-order valence-electron chi connectivity index (χ1n) is 26.7. The number of carboxylic acid groups (broad SMARTS) is 1. The molecule has 0 aliphatic carbocycles. The third-order valence-electron chi connectivity index (χ3n) is 12.6. The van der Waals surface area contributed by atoms with Gasteiger partial charge in [-0.3, -0.25) is 9.59 Å². The Balaban J connectivity index is 2.24. The fourth-order valence-corrected chi connectivity index (χ4v) is 8.41. The normalized spacial score (nSPS) is 19.3. The van der Waals surface area contributed by atoms with Crippen molar-refractivity contribution < 1.29 is 53.8 Å². The van der Waals surface area contributed by atoms with Gasteiger partial charge in [0.1, 0.15) is 24.9 Å². The maximum absolute atomic E-state index is 12.8. The Morgan fingerprint density at radius 3 is 1.22 bits per heavy atom.